The summed E-state index contributed by atoms with van der Waals surface area (Å²) in [5.74, 6) is -0.391. The fraction of sp³-hybridized carbons (Fsp3) is 0.273. The number of thiocarbonyl (C=S) groups is 1. The molecule has 0 aliphatic heterocycles. The zero-order chi connectivity index (χ0) is 12.3. The summed E-state index contributed by atoms with van der Waals surface area (Å²) in [5.41, 5.74) is 13.3. The Morgan fingerprint density at radius 2 is 2.06 bits per heavy atom. The minimum absolute atomic E-state index is 0.359. The van der Waals surface area contributed by atoms with Gasteiger partial charge in [-0.15, -0.1) is 0 Å². The van der Waals surface area contributed by atoms with E-state index in [1.54, 1.807) is 6.92 Å². The molecule has 1 atom stereocenters. The molecule has 0 spiro atoms. The largest absolute Gasteiger partial charge is 0.389 e. The van der Waals surface area contributed by atoms with Crippen LogP contribution in [0, 0.1) is 6.92 Å². The van der Waals surface area contributed by atoms with Crippen molar-refractivity contribution in [3.8, 4) is 0 Å². The molecular weight excluding hydrogens is 222 g/mol. The van der Waals surface area contributed by atoms with Gasteiger partial charge in [-0.05, 0) is 37.6 Å². The molecule has 16 heavy (non-hydrogen) atoms. The van der Waals surface area contributed by atoms with Gasteiger partial charge in [0.1, 0.15) is 11.0 Å². The van der Waals surface area contributed by atoms with Gasteiger partial charge in [0.25, 0.3) is 0 Å². The van der Waals surface area contributed by atoms with Gasteiger partial charge in [0.2, 0.25) is 5.91 Å². The van der Waals surface area contributed by atoms with E-state index in [1.807, 2.05) is 25.1 Å². The number of carbonyl (C=O) groups is 1. The number of nitrogens with one attached hydrogen (secondary N) is 1. The Morgan fingerprint density at radius 1 is 1.44 bits per heavy atom. The average Bonchev–Trinajstić information content (AvgIpc) is 2.20. The summed E-state index contributed by atoms with van der Waals surface area (Å²) in [6, 6.07) is 5.11. The molecule has 0 aliphatic carbocycles. The molecule has 0 saturated heterocycles. The highest BCUT2D eigenvalue weighted by atomic mass is 32.1. The Hall–Kier alpha value is -1.62. The molecule has 0 radical (unpaired) electrons. The van der Waals surface area contributed by atoms with E-state index in [0.29, 0.717) is 4.99 Å². The molecule has 1 unspecified atom stereocenters. The van der Waals surface area contributed by atoms with Crippen LogP contribution in [0.4, 0.5) is 5.69 Å². The van der Waals surface area contributed by atoms with Crippen molar-refractivity contribution < 1.29 is 4.79 Å². The number of primary amides is 1. The van der Waals surface area contributed by atoms with E-state index in [-0.39, 0.29) is 0 Å². The number of benzene rings is 1. The van der Waals surface area contributed by atoms with Gasteiger partial charge >= 0.3 is 0 Å². The van der Waals surface area contributed by atoms with E-state index in [4.69, 9.17) is 23.7 Å². The van der Waals surface area contributed by atoms with Gasteiger partial charge in [0, 0.05) is 11.3 Å². The monoisotopic (exact) mass is 237 g/mol. The van der Waals surface area contributed by atoms with E-state index in [0.717, 1.165) is 16.8 Å². The summed E-state index contributed by atoms with van der Waals surface area (Å²) in [7, 11) is 0. The normalized spacial score (nSPS) is 11.9. The van der Waals surface area contributed by atoms with Crippen molar-refractivity contribution in [1.29, 1.82) is 0 Å². The Labute approximate surface area is 100 Å². The SMILES string of the molecule is Cc1cc(C(N)=S)ccc1NC(C)C(N)=O. The maximum absolute atomic E-state index is 10.9. The molecule has 0 aromatic heterocycles. The summed E-state index contributed by atoms with van der Waals surface area (Å²) >= 11 is 4.88. The third-order valence-electron chi connectivity index (χ3n) is 2.31. The smallest absolute Gasteiger partial charge is 0.239 e. The van der Waals surface area contributed by atoms with Crippen molar-refractivity contribution in [3.05, 3.63) is 29.3 Å². The van der Waals surface area contributed by atoms with Crippen molar-refractivity contribution in [2.24, 2.45) is 11.5 Å². The number of rotatable bonds is 4. The lowest BCUT2D eigenvalue weighted by Gasteiger charge is -2.14. The summed E-state index contributed by atoms with van der Waals surface area (Å²) in [5, 5.41) is 3.02. The molecule has 1 amide bonds. The first-order chi connectivity index (χ1) is 7.41. The van der Waals surface area contributed by atoms with Crippen molar-refractivity contribution in [3.63, 3.8) is 0 Å². The fourth-order valence-electron chi connectivity index (χ4n) is 1.28. The maximum atomic E-state index is 10.9. The van der Waals surface area contributed by atoms with Crippen LogP contribution in [0.15, 0.2) is 18.2 Å². The third kappa shape index (κ3) is 2.93. The Kier molecular flexibility index (Phi) is 3.84. The fourth-order valence-corrected chi connectivity index (χ4v) is 1.41. The predicted molar refractivity (Wildman–Crippen MR) is 69.3 cm³/mol. The van der Waals surface area contributed by atoms with Crippen LogP contribution in [-0.4, -0.2) is 16.9 Å². The molecule has 0 bridgehead atoms. The topological polar surface area (TPSA) is 81.1 Å². The van der Waals surface area contributed by atoms with Gasteiger partial charge in [-0.3, -0.25) is 4.79 Å². The molecule has 0 heterocycles. The molecule has 1 rings (SSSR count). The summed E-state index contributed by atoms with van der Waals surface area (Å²) in [6.45, 7) is 3.63. The van der Waals surface area contributed by atoms with Crippen LogP contribution < -0.4 is 16.8 Å². The standard InChI is InChI=1S/C11H15N3OS/c1-6-5-8(11(13)16)3-4-9(6)14-7(2)10(12)15/h3-5,7,14H,1-2H3,(H2,12,15)(H2,13,16). The van der Waals surface area contributed by atoms with Gasteiger partial charge in [0.05, 0.1) is 0 Å². The van der Waals surface area contributed by atoms with Gasteiger partial charge in [-0.2, -0.15) is 0 Å². The molecule has 5 N–H and O–H groups in total. The van der Waals surface area contributed by atoms with Crippen molar-refractivity contribution >= 4 is 28.8 Å². The Morgan fingerprint density at radius 3 is 2.50 bits per heavy atom. The van der Waals surface area contributed by atoms with Crippen LogP contribution in [0.1, 0.15) is 18.1 Å². The van der Waals surface area contributed by atoms with Crippen molar-refractivity contribution in [2.75, 3.05) is 5.32 Å². The molecule has 4 nitrogen and oxygen atoms in total. The van der Waals surface area contributed by atoms with Crippen LogP contribution in [-0.2, 0) is 4.79 Å². The first-order valence-corrected chi connectivity index (χ1v) is 5.29. The second-order valence-corrected chi connectivity index (χ2v) is 4.10. The van der Waals surface area contributed by atoms with E-state index in [9.17, 15) is 4.79 Å². The molecule has 1 aromatic rings. The summed E-state index contributed by atoms with van der Waals surface area (Å²) in [4.78, 5) is 11.3. The van der Waals surface area contributed by atoms with Crippen LogP contribution in [0.5, 0.6) is 0 Å². The van der Waals surface area contributed by atoms with Crippen LogP contribution in [0.25, 0.3) is 0 Å². The molecule has 0 saturated carbocycles. The second-order valence-electron chi connectivity index (χ2n) is 3.66. The summed E-state index contributed by atoms with van der Waals surface area (Å²) < 4.78 is 0. The van der Waals surface area contributed by atoms with E-state index < -0.39 is 11.9 Å². The van der Waals surface area contributed by atoms with Gasteiger partial charge in [-0.1, -0.05) is 12.2 Å². The number of nitrogens with two attached hydrogens (primary N) is 2. The second kappa shape index (κ2) is 4.94. The Bertz CT molecular complexity index is 431. The first kappa shape index (κ1) is 12.4. The zero-order valence-electron chi connectivity index (χ0n) is 9.28. The first-order valence-electron chi connectivity index (χ1n) is 4.88. The van der Waals surface area contributed by atoms with E-state index >= 15 is 0 Å². The molecule has 5 heteroatoms. The summed E-state index contributed by atoms with van der Waals surface area (Å²) in [6.07, 6.45) is 0. The van der Waals surface area contributed by atoms with E-state index in [1.165, 1.54) is 0 Å². The number of hydrogen-bond donors (Lipinski definition) is 3. The highest BCUT2D eigenvalue weighted by Gasteiger charge is 2.09. The maximum Gasteiger partial charge on any atom is 0.239 e. The number of anilines is 1. The van der Waals surface area contributed by atoms with E-state index in [2.05, 4.69) is 5.32 Å². The van der Waals surface area contributed by atoms with Gasteiger partial charge in [0.15, 0.2) is 0 Å². The number of amides is 1. The molecule has 0 fully saturated rings. The van der Waals surface area contributed by atoms with Crippen molar-refractivity contribution in [2.45, 2.75) is 19.9 Å². The molecule has 86 valence electrons. The lowest BCUT2D eigenvalue weighted by atomic mass is 10.1. The minimum atomic E-state index is -0.408. The van der Waals surface area contributed by atoms with Crippen LogP contribution in [0.3, 0.4) is 0 Å². The molecule has 0 aliphatic rings. The van der Waals surface area contributed by atoms with Gasteiger partial charge < -0.3 is 16.8 Å². The quantitative estimate of drug-likeness (QED) is 0.680. The highest BCUT2D eigenvalue weighted by molar-refractivity contribution is 7.80. The number of aryl methyl sites for hydroxylation is 1. The highest BCUT2D eigenvalue weighted by Crippen LogP contribution is 2.17. The number of carbonyl (C=O) groups excluding carboxylic acids is 1. The lowest BCUT2D eigenvalue weighted by Crippen LogP contribution is -2.32. The predicted octanol–water partition coefficient (Wildman–Crippen LogP) is 0.915. The number of hydrogen-bond acceptors (Lipinski definition) is 3. The molecular formula is C11H15N3OS. The lowest BCUT2D eigenvalue weighted by molar-refractivity contribution is -0.118. The zero-order valence-corrected chi connectivity index (χ0v) is 10.1. The average molecular weight is 237 g/mol. The third-order valence-corrected chi connectivity index (χ3v) is 2.55. The Balaban J connectivity index is 2.91. The minimum Gasteiger partial charge on any atom is -0.389 e. The van der Waals surface area contributed by atoms with Crippen molar-refractivity contribution in [1.82, 2.24) is 0 Å². The van der Waals surface area contributed by atoms with Gasteiger partial charge in [-0.25, -0.2) is 0 Å². The van der Waals surface area contributed by atoms with Crippen LogP contribution >= 0.6 is 12.2 Å². The molecule has 1 aromatic carbocycles. The van der Waals surface area contributed by atoms with Crippen LogP contribution in [0.2, 0.25) is 0 Å².